The molecule has 0 aliphatic rings. The second-order valence-corrected chi connectivity index (χ2v) is 5.77. The number of hydrogen-bond acceptors (Lipinski definition) is 6. The van der Waals surface area contributed by atoms with Gasteiger partial charge in [0.05, 0.1) is 12.2 Å². The van der Waals surface area contributed by atoms with Crippen molar-refractivity contribution >= 4 is 29.3 Å². The Kier molecular flexibility index (Phi) is 6.56. The van der Waals surface area contributed by atoms with Gasteiger partial charge in [0.25, 0.3) is 5.56 Å². The van der Waals surface area contributed by atoms with E-state index in [2.05, 4.69) is 15.3 Å². The lowest BCUT2D eigenvalue weighted by Gasteiger charge is -2.06. The Labute approximate surface area is 142 Å². The molecular formula is C16H17N3O4S. The number of thioether (sulfide) groups is 1. The van der Waals surface area contributed by atoms with Crippen molar-refractivity contribution < 1.29 is 14.3 Å². The first-order valence-corrected chi connectivity index (χ1v) is 8.32. The molecule has 0 radical (unpaired) electrons. The number of ether oxygens (including phenoxy) is 1. The van der Waals surface area contributed by atoms with Gasteiger partial charge in [-0.2, -0.15) is 0 Å². The van der Waals surface area contributed by atoms with Crippen LogP contribution in [0.25, 0.3) is 0 Å². The Balaban J connectivity index is 1.79. The number of benzene rings is 1. The van der Waals surface area contributed by atoms with E-state index in [1.54, 1.807) is 31.2 Å². The van der Waals surface area contributed by atoms with E-state index >= 15 is 0 Å². The highest BCUT2D eigenvalue weighted by Gasteiger charge is 2.07. The summed E-state index contributed by atoms with van der Waals surface area (Å²) < 4.78 is 4.89. The molecule has 0 bridgehead atoms. The average molecular weight is 347 g/mol. The number of hydrogen-bond donors (Lipinski definition) is 2. The number of anilines is 1. The van der Waals surface area contributed by atoms with Crippen molar-refractivity contribution in [2.24, 2.45) is 0 Å². The Morgan fingerprint density at radius 1 is 1.25 bits per heavy atom. The molecule has 1 aromatic carbocycles. The first kappa shape index (κ1) is 17.7. The van der Waals surface area contributed by atoms with Gasteiger partial charge in [-0.25, -0.2) is 9.78 Å². The van der Waals surface area contributed by atoms with Gasteiger partial charge in [0.2, 0.25) is 5.91 Å². The third-order valence-corrected chi connectivity index (χ3v) is 3.78. The topological polar surface area (TPSA) is 101 Å². The molecule has 0 spiro atoms. The highest BCUT2D eigenvalue weighted by molar-refractivity contribution is 7.99. The van der Waals surface area contributed by atoms with Crippen molar-refractivity contribution in [1.29, 1.82) is 0 Å². The van der Waals surface area contributed by atoms with Crippen LogP contribution in [0, 0.1) is 0 Å². The minimum atomic E-state index is -0.392. The lowest BCUT2D eigenvalue weighted by molar-refractivity contribution is -0.115. The Bertz CT molecular complexity index is 758. The zero-order chi connectivity index (χ0) is 17.4. The molecule has 1 amide bonds. The smallest absolute Gasteiger partial charge is 0.338 e. The summed E-state index contributed by atoms with van der Waals surface area (Å²) in [6.07, 6.45) is 1.69. The van der Waals surface area contributed by atoms with E-state index in [4.69, 9.17) is 4.74 Å². The third-order valence-electron chi connectivity index (χ3n) is 2.90. The highest BCUT2D eigenvalue weighted by Crippen LogP contribution is 2.14. The number of rotatable bonds is 7. The van der Waals surface area contributed by atoms with Gasteiger partial charge in [-0.15, -0.1) is 0 Å². The first-order valence-electron chi connectivity index (χ1n) is 7.33. The number of esters is 1. The second kappa shape index (κ2) is 8.88. The average Bonchev–Trinajstić information content (AvgIpc) is 2.56. The number of H-pyrrole nitrogens is 1. The van der Waals surface area contributed by atoms with Crippen LogP contribution in [-0.4, -0.2) is 34.2 Å². The van der Waals surface area contributed by atoms with Crippen LogP contribution in [0.4, 0.5) is 5.69 Å². The normalized spacial score (nSPS) is 10.2. The molecule has 2 N–H and O–H groups in total. The minimum absolute atomic E-state index is 0.162. The van der Waals surface area contributed by atoms with Crippen molar-refractivity contribution in [1.82, 2.24) is 9.97 Å². The number of aromatic amines is 1. The van der Waals surface area contributed by atoms with Crippen molar-refractivity contribution in [2.75, 3.05) is 17.7 Å². The van der Waals surface area contributed by atoms with Crippen LogP contribution >= 0.6 is 11.8 Å². The second-order valence-electron chi connectivity index (χ2n) is 4.68. The predicted octanol–water partition coefficient (Wildman–Crippen LogP) is 2.07. The zero-order valence-electron chi connectivity index (χ0n) is 13.1. The fourth-order valence-corrected chi connectivity index (χ4v) is 2.58. The number of nitrogens with one attached hydrogen (secondary N) is 2. The lowest BCUT2D eigenvalue weighted by atomic mass is 10.2. The summed E-state index contributed by atoms with van der Waals surface area (Å²) in [5.74, 6) is -0.0690. The fourth-order valence-electron chi connectivity index (χ4n) is 1.79. The van der Waals surface area contributed by atoms with Gasteiger partial charge in [0, 0.05) is 30.1 Å². The summed E-state index contributed by atoms with van der Waals surface area (Å²) in [5, 5.41) is 3.22. The summed E-state index contributed by atoms with van der Waals surface area (Å²) >= 11 is 1.30. The van der Waals surface area contributed by atoms with Crippen LogP contribution in [0.2, 0.25) is 0 Å². The van der Waals surface area contributed by atoms with Crippen molar-refractivity contribution in [3.05, 3.63) is 52.4 Å². The van der Waals surface area contributed by atoms with Gasteiger partial charge in [0.1, 0.15) is 0 Å². The van der Waals surface area contributed by atoms with E-state index in [1.165, 1.54) is 24.0 Å². The monoisotopic (exact) mass is 347 g/mol. The quantitative estimate of drug-likeness (QED) is 0.452. The molecule has 8 heteroatoms. The Morgan fingerprint density at radius 2 is 2.00 bits per heavy atom. The van der Waals surface area contributed by atoms with Gasteiger partial charge in [0.15, 0.2) is 5.16 Å². The number of amides is 1. The molecule has 24 heavy (non-hydrogen) atoms. The van der Waals surface area contributed by atoms with E-state index in [0.717, 1.165) is 0 Å². The van der Waals surface area contributed by atoms with Gasteiger partial charge in [-0.05, 0) is 31.2 Å². The van der Waals surface area contributed by atoms with E-state index in [0.29, 0.717) is 28.8 Å². The van der Waals surface area contributed by atoms with Crippen LogP contribution < -0.4 is 10.9 Å². The summed E-state index contributed by atoms with van der Waals surface area (Å²) in [7, 11) is 0. The largest absolute Gasteiger partial charge is 0.462 e. The van der Waals surface area contributed by atoms with Gasteiger partial charge in [-0.1, -0.05) is 11.8 Å². The highest BCUT2D eigenvalue weighted by atomic mass is 32.2. The molecule has 0 saturated heterocycles. The van der Waals surface area contributed by atoms with Crippen molar-refractivity contribution in [2.45, 2.75) is 18.5 Å². The van der Waals surface area contributed by atoms with E-state index in [1.807, 2.05) is 0 Å². The van der Waals surface area contributed by atoms with Gasteiger partial charge in [-0.3, -0.25) is 9.59 Å². The molecule has 126 valence electrons. The molecule has 0 saturated carbocycles. The molecule has 2 aromatic rings. The maximum atomic E-state index is 11.9. The van der Waals surface area contributed by atoms with Crippen LogP contribution in [0.5, 0.6) is 0 Å². The van der Waals surface area contributed by atoms with Crippen LogP contribution in [-0.2, 0) is 9.53 Å². The number of carbonyl (C=O) groups is 2. The molecule has 7 nitrogen and oxygen atoms in total. The zero-order valence-corrected chi connectivity index (χ0v) is 13.9. The van der Waals surface area contributed by atoms with Gasteiger partial charge < -0.3 is 15.0 Å². The van der Waals surface area contributed by atoms with Crippen LogP contribution in [0.1, 0.15) is 23.7 Å². The summed E-state index contributed by atoms with van der Waals surface area (Å²) in [6.45, 7) is 2.06. The fraction of sp³-hybridized carbons (Fsp3) is 0.250. The maximum absolute atomic E-state index is 11.9. The van der Waals surface area contributed by atoms with Crippen LogP contribution in [0.3, 0.4) is 0 Å². The molecule has 0 aliphatic carbocycles. The number of aromatic nitrogens is 2. The summed E-state index contributed by atoms with van der Waals surface area (Å²) in [6, 6.07) is 7.82. The van der Waals surface area contributed by atoms with Crippen molar-refractivity contribution in [3.8, 4) is 0 Å². The van der Waals surface area contributed by atoms with E-state index in [-0.39, 0.29) is 17.9 Å². The molecule has 2 rings (SSSR count). The number of nitrogens with zero attached hydrogens (tertiary/aromatic N) is 1. The van der Waals surface area contributed by atoms with E-state index in [9.17, 15) is 14.4 Å². The molecule has 0 fully saturated rings. The molecule has 0 aliphatic heterocycles. The first-order chi connectivity index (χ1) is 11.6. The molecular weight excluding hydrogens is 330 g/mol. The Hall–Kier alpha value is -2.61. The molecule has 0 unspecified atom stereocenters. The van der Waals surface area contributed by atoms with Crippen molar-refractivity contribution in [3.63, 3.8) is 0 Å². The van der Waals surface area contributed by atoms with E-state index < -0.39 is 5.97 Å². The third kappa shape index (κ3) is 5.54. The van der Waals surface area contributed by atoms with Gasteiger partial charge >= 0.3 is 5.97 Å². The van der Waals surface area contributed by atoms with Crippen LogP contribution in [0.15, 0.2) is 46.5 Å². The summed E-state index contributed by atoms with van der Waals surface area (Å²) in [4.78, 5) is 41.1. The Morgan fingerprint density at radius 3 is 2.67 bits per heavy atom. The lowest BCUT2D eigenvalue weighted by Crippen LogP contribution is -2.13. The maximum Gasteiger partial charge on any atom is 0.338 e. The summed E-state index contributed by atoms with van der Waals surface area (Å²) in [5.41, 5.74) is 0.812. The molecule has 1 heterocycles. The standard InChI is InChI=1S/C16H17N3O4S/c1-2-23-15(22)11-3-5-12(6-4-11)18-14(21)8-10-24-16-17-9-7-13(20)19-16/h3-7,9H,2,8,10H2,1H3,(H,18,21)(H,17,19,20). The molecule has 0 atom stereocenters. The predicted molar refractivity (Wildman–Crippen MR) is 91.2 cm³/mol. The number of carbonyl (C=O) groups excluding carboxylic acids is 2. The SMILES string of the molecule is CCOC(=O)c1ccc(NC(=O)CCSc2nccc(=O)[nH]2)cc1. The molecule has 1 aromatic heterocycles. The minimum Gasteiger partial charge on any atom is -0.462 e.